The number of H-pyrrole nitrogens is 1. The van der Waals surface area contributed by atoms with E-state index in [0.717, 1.165) is 21.9 Å². The number of methoxy groups -OCH3 is 1. The minimum absolute atomic E-state index is 0.00889. The number of aromatic amines is 1. The molecule has 40 heavy (non-hydrogen) atoms. The Labute approximate surface area is 237 Å². The number of nitrogens with zero attached hydrogens (tertiary/aromatic N) is 1. The highest BCUT2D eigenvalue weighted by Gasteiger charge is 2.70. The summed E-state index contributed by atoms with van der Waals surface area (Å²) < 4.78 is 5.38. The summed E-state index contributed by atoms with van der Waals surface area (Å²) >= 11 is 2.78. The summed E-state index contributed by atoms with van der Waals surface area (Å²) in [7, 11) is 1.49. The van der Waals surface area contributed by atoms with Crippen LogP contribution in [-0.2, 0) is 14.4 Å². The molecule has 1 aromatic heterocycles. The van der Waals surface area contributed by atoms with Gasteiger partial charge in [0, 0.05) is 21.7 Å². The van der Waals surface area contributed by atoms with Crippen molar-refractivity contribution in [2.45, 2.75) is 35.6 Å². The predicted molar refractivity (Wildman–Crippen MR) is 150 cm³/mol. The molecular weight excluding hydrogens is 550 g/mol. The molecule has 1 saturated heterocycles. The van der Waals surface area contributed by atoms with Crippen LogP contribution >= 0.6 is 23.1 Å². The van der Waals surface area contributed by atoms with Crippen molar-refractivity contribution in [3.63, 3.8) is 0 Å². The quantitative estimate of drug-likeness (QED) is 0.395. The number of carbonyl (C=O) groups excluding carboxylic acids is 3. The molecule has 9 nitrogen and oxygen atoms in total. The Hall–Kier alpha value is -3.57. The van der Waals surface area contributed by atoms with Gasteiger partial charge in [0.1, 0.15) is 6.04 Å². The van der Waals surface area contributed by atoms with Gasteiger partial charge in [-0.2, -0.15) is 0 Å². The summed E-state index contributed by atoms with van der Waals surface area (Å²) in [6.07, 6.45) is 0.748. The van der Waals surface area contributed by atoms with E-state index in [4.69, 9.17) is 4.74 Å². The minimum atomic E-state index is -0.935. The molecule has 3 fully saturated rings. The number of amides is 3. The van der Waals surface area contributed by atoms with Crippen LogP contribution < -0.4 is 14.9 Å². The Bertz CT molecular complexity index is 1600. The number of ether oxygens (including phenoxy) is 1. The van der Waals surface area contributed by atoms with Gasteiger partial charge in [0.05, 0.1) is 24.0 Å². The normalized spacial score (nSPS) is 30.6. The number of hydrogen-bond acceptors (Lipinski definition) is 8. The molecule has 3 heterocycles. The Balaban J connectivity index is 1.23. The van der Waals surface area contributed by atoms with Crippen molar-refractivity contribution in [2.75, 3.05) is 12.4 Å². The lowest BCUT2D eigenvalue weighted by molar-refractivity contribution is -0.146. The van der Waals surface area contributed by atoms with E-state index in [1.165, 1.54) is 23.3 Å². The van der Waals surface area contributed by atoms with E-state index in [1.54, 1.807) is 55.1 Å². The number of thiazole rings is 1. The predicted octanol–water partition coefficient (Wildman–Crippen LogP) is 3.65. The zero-order chi connectivity index (χ0) is 27.9. The van der Waals surface area contributed by atoms with Crippen molar-refractivity contribution < 1.29 is 24.2 Å². The molecule has 2 aliphatic carbocycles. The van der Waals surface area contributed by atoms with Gasteiger partial charge < -0.3 is 20.1 Å². The summed E-state index contributed by atoms with van der Waals surface area (Å²) in [5.74, 6) is -1.86. The highest BCUT2D eigenvalue weighted by molar-refractivity contribution is 8.00. The average Bonchev–Trinajstić information content (AvgIpc) is 3.68. The molecule has 8 atom stereocenters. The third-order valence-electron chi connectivity index (χ3n) is 9.13. The van der Waals surface area contributed by atoms with E-state index >= 15 is 0 Å². The molecule has 3 amide bonds. The molecule has 8 unspecified atom stereocenters. The molecule has 2 saturated carbocycles. The lowest BCUT2D eigenvalue weighted by Crippen LogP contribution is -2.46. The van der Waals surface area contributed by atoms with Crippen LogP contribution in [0.15, 0.2) is 58.4 Å². The van der Waals surface area contributed by atoms with Gasteiger partial charge in [0.2, 0.25) is 17.7 Å². The number of anilines is 1. The van der Waals surface area contributed by atoms with Crippen molar-refractivity contribution in [1.82, 2.24) is 9.88 Å². The fourth-order valence-corrected chi connectivity index (χ4v) is 10.5. The molecular formula is C29H27N3O6S2. The van der Waals surface area contributed by atoms with Crippen LogP contribution in [0.5, 0.6) is 11.5 Å². The smallest absolute Gasteiger partial charge is 0.305 e. The molecule has 3 N–H and O–H groups in total. The largest absolute Gasteiger partial charge is 0.504 e. The molecule has 0 radical (unpaired) electrons. The van der Waals surface area contributed by atoms with Gasteiger partial charge >= 0.3 is 4.87 Å². The number of likely N-dealkylation sites (tertiary alicyclic amines) is 1. The first kappa shape index (κ1) is 25.4. The lowest BCUT2D eigenvalue weighted by Gasteiger charge is -2.43. The molecule has 4 aliphatic rings. The maximum absolute atomic E-state index is 13.9. The third-order valence-corrected chi connectivity index (χ3v) is 11.7. The van der Waals surface area contributed by atoms with Crippen LogP contribution in [0.3, 0.4) is 0 Å². The van der Waals surface area contributed by atoms with Crippen molar-refractivity contribution in [1.29, 1.82) is 0 Å². The number of thioether (sulfide) groups is 1. The Morgan fingerprint density at radius 2 is 1.82 bits per heavy atom. The number of fused-ring (bicyclic) bond motifs is 9. The number of nitrogens with one attached hydrogen (secondary N) is 2. The van der Waals surface area contributed by atoms with Gasteiger partial charge in [-0.3, -0.25) is 24.1 Å². The van der Waals surface area contributed by atoms with Crippen molar-refractivity contribution in [3.05, 3.63) is 68.6 Å². The standard InChI is InChI=1S/C29H27N3O6S2/c1-12(25(34)30-14-6-4-3-5-7-14)32-27(35)21-15-11-16(22(21)28(32)36)23-20(15)19(24-26(39-23)31-29(37)40-24)13-8-9-17(33)18(10-13)38-2/h3-10,12,15-16,19-23,33H,11H2,1-2H3,(H,30,34)(H,31,37). The highest BCUT2D eigenvalue weighted by Crippen LogP contribution is 2.68. The lowest BCUT2D eigenvalue weighted by atomic mass is 9.68. The van der Waals surface area contributed by atoms with Gasteiger partial charge in [-0.1, -0.05) is 35.6 Å². The monoisotopic (exact) mass is 577 g/mol. The van der Waals surface area contributed by atoms with Crippen LogP contribution in [0.25, 0.3) is 0 Å². The first-order valence-corrected chi connectivity index (χ1v) is 15.0. The molecule has 7 rings (SSSR count). The molecule has 3 aromatic rings. The number of phenolic OH excluding ortho intramolecular Hbond substituents is 1. The number of hydrogen-bond donors (Lipinski definition) is 3. The van der Waals surface area contributed by atoms with Gasteiger partial charge in [0.25, 0.3) is 0 Å². The second kappa shape index (κ2) is 9.24. The Morgan fingerprint density at radius 3 is 2.55 bits per heavy atom. The maximum atomic E-state index is 13.9. The van der Waals surface area contributed by atoms with Crippen LogP contribution in [0, 0.1) is 29.6 Å². The second-order valence-electron chi connectivity index (χ2n) is 11.0. The molecule has 11 heteroatoms. The summed E-state index contributed by atoms with van der Waals surface area (Å²) in [6.45, 7) is 1.60. The van der Waals surface area contributed by atoms with Gasteiger partial charge in [-0.15, -0.1) is 11.8 Å². The van der Waals surface area contributed by atoms with Crippen molar-refractivity contribution >= 4 is 46.5 Å². The summed E-state index contributed by atoms with van der Waals surface area (Å²) in [5.41, 5.74) is 1.50. The number of carbonyl (C=O) groups is 3. The molecule has 2 aliphatic heterocycles. The fraction of sp³-hybridized carbons (Fsp3) is 0.379. The number of rotatable bonds is 5. The number of imide groups is 1. The van der Waals surface area contributed by atoms with Gasteiger partial charge in [-0.05, 0) is 60.9 Å². The first-order chi connectivity index (χ1) is 19.3. The van der Waals surface area contributed by atoms with Crippen molar-refractivity contribution in [2.24, 2.45) is 29.6 Å². The van der Waals surface area contributed by atoms with Crippen LogP contribution in [0.4, 0.5) is 5.69 Å². The van der Waals surface area contributed by atoms with E-state index < -0.39 is 23.8 Å². The van der Waals surface area contributed by atoms with Crippen LogP contribution in [-0.4, -0.2) is 51.1 Å². The average molecular weight is 578 g/mol. The number of benzene rings is 2. The van der Waals surface area contributed by atoms with E-state index in [9.17, 15) is 24.3 Å². The molecule has 2 bridgehead atoms. The molecule has 0 spiro atoms. The van der Waals surface area contributed by atoms with Crippen LogP contribution in [0.2, 0.25) is 0 Å². The van der Waals surface area contributed by atoms with E-state index in [2.05, 4.69) is 10.3 Å². The van der Waals surface area contributed by atoms with E-state index in [1.807, 2.05) is 12.1 Å². The number of phenols is 1. The highest BCUT2D eigenvalue weighted by atomic mass is 32.2. The Kier molecular flexibility index (Phi) is 5.87. The van der Waals surface area contributed by atoms with Gasteiger partial charge in [0.15, 0.2) is 11.5 Å². The summed E-state index contributed by atoms with van der Waals surface area (Å²) in [4.78, 5) is 58.2. The number of para-hydroxylation sites is 1. The maximum Gasteiger partial charge on any atom is 0.305 e. The Morgan fingerprint density at radius 1 is 1.10 bits per heavy atom. The topological polar surface area (TPSA) is 129 Å². The SMILES string of the molecule is COc1cc(C2c3sc(=O)[nH]c3SC3C4CC(C5C(=O)N(C(C)C(=O)Nc6ccccc6)C(=O)C45)C23)ccc1O. The molecule has 206 valence electrons. The first-order valence-electron chi connectivity index (χ1n) is 13.3. The van der Waals surface area contributed by atoms with Crippen molar-refractivity contribution in [3.8, 4) is 11.5 Å². The third kappa shape index (κ3) is 3.60. The van der Waals surface area contributed by atoms with Gasteiger partial charge in [-0.25, -0.2) is 0 Å². The summed E-state index contributed by atoms with van der Waals surface area (Å²) in [6, 6.07) is 13.3. The number of aromatic hydroxyl groups is 1. The minimum Gasteiger partial charge on any atom is -0.504 e. The molecule has 2 aromatic carbocycles. The second-order valence-corrected chi connectivity index (χ2v) is 13.2. The van der Waals surface area contributed by atoms with E-state index in [-0.39, 0.29) is 51.4 Å². The fourth-order valence-electron chi connectivity index (χ4n) is 7.57. The zero-order valence-corrected chi connectivity index (χ0v) is 23.3. The summed E-state index contributed by atoms with van der Waals surface area (Å²) in [5, 5.41) is 13.9. The number of aromatic nitrogens is 1. The van der Waals surface area contributed by atoms with E-state index in [0.29, 0.717) is 11.4 Å². The van der Waals surface area contributed by atoms with Crippen LogP contribution in [0.1, 0.15) is 29.7 Å². The zero-order valence-electron chi connectivity index (χ0n) is 21.7.